The van der Waals surface area contributed by atoms with Crippen LogP contribution < -0.4 is 0 Å². The predicted octanol–water partition coefficient (Wildman–Crippen LogP) is 2.10. The van der Waals surface area contributed by atoms with Gasteiger partial charge < -0.3 is 13.8 Å². The minimum atomic E-state index is -0.372. The molecule has 118 valence electrons. The molecular formula is C15H14N4O4. The topological polar surface area (TPSA) is 104 Å². The van der Waals surface area contributed by atoms with Crippen LogP contribution in [0, 0.1) is 6.92 Å². The van der Waals surface area contributed by atoms with Crippen LogP contribution in [0.4, 0.5) is 0 Å². The second-order valence-corrected chi connectivity index (χ2v) is 4.82. The number of nitrogens with zero attached hydrogens (tertiary/aromatic N) is 4. The number of carbonyl (C=O) groups excluding carboxylic acids is 1. The molecule has 0 saturated heterocycles. The highest BCUT2D eigenvalue weighted by Gasteiger charge is 2.12. The van der Waals surface area contributed by atoms with Gasteiger partial charge >= 0.3 is 5.97 Å². The molecule has 8 heteroatoms. The summed E-state index contributed by atoms with van der Waals surface area (Å²) in [6.45, 7) is 1.85. The van der Waals surface area contributed by atoms with Crippen molar-refractivity contribution in [3.63, 3.8) is 0 Å². The first-order chi connectivity index (χ1) is 11.2. The molecule has 0 aliphatic rings. The normalized spacial score (nSPS) is 10.7. The van der Waals surface area contributed by atoms with Crippen molar-refractivity contribution in [2.45, 2.75) is 26.4 Å². The van der Waals surface area contributed by atoms with Gasteiger partial charge in [-0.1, -0.05) is 16.4 Å². The highest BCUT2D eigenvalue weighted by Crippen LogP contribution is 2.13. The highest BCUT2D eigenvalue weighted by molar-refractivity contribution is 5.69. The van der Waals surface area contributed by atoms with E-state index >= 15 is 0 Å². The molecule has 3 aromatic heterocycles. The van der Waals surface area contributed by atoms with Crippen molar-refractivity contribution in [1.82, 2.24) is 20.3 Å². The maximum absolute atomic E-state index is 11.7. The van der Waals surface area contributed by atoms with Crippen LogP contribution in [0.5, 0.6) is 0 Å². The van der Waals surface area contributed by atoms with E-state index in [1.807, 2.05) is 6.07 Å². The van der Waals surface area contributed by atoms with E-state index in [1.165, 1.54) is 0 Å². The molecular weight excluding hydrogens is 300 g/mol. The molecule has 23 heavy (non-hydrogen) atoms. The molecule has 3 aromatic rings. The van der Waals surface area contributed by atoms with Crippen LogP contribution in [-0.2, 0) is 22.6 Å². The van der Waals surface area contributed by atoms with Gasteiger partial charge in [-0.05, 0) is 19.1 Å². The number of hydrogen-bond donors (Lipinski definition) is 0. The van der Waals surface area contributed by atoms with Crippen LogP contribution >= 0.6 is 0 Å². The Morgan fingerprint density at radius 1 is 1.26 bits per heavy atom. The third-order valence-electron chi connectivity index (χ3n) is 2.96. The highest BCUT2D eigenvalue weighted by atomic mass is 16.5. The van der Waals surface area contributed by atoms with Crippen LogP contribution in [0.2, 0.25) is 0 Å². The average Bonchev–Trinajstić information content (AvgIpc) is 3.21. The summed E-state index contributed by atoms with van der Waals surface area (Å²) < 4.78 is 15.1. The number of ether oxygens (including phenoxy) is 1. The summed E-state index contributed by atoms with van der Waals surface area (Å²) >= 11 is 0. The quantitative estimate of drug-likeness (QED) is 0.637. The Kier molecular flexibility index (Phi) is 4.41. The second kappa shape index (κ2) is 6.82. The Labute approximate surface area is 131 Å². The van der Waals surface area contributed by atoms with Crippen molar-refractivity contribution >= 4 is 5.97 Å². The van der Waals surface area contributed by atoms with Gasteiger partial charge in [0, 0.05) is 18.7 Å². The molecule has 0 aliphatic heterocycles. The van der Waals surface area contributed by atoms with Gasteiger partial charge in [0.1, 0.15) is 23.8 Å². The van der Waals surface area contributed by atoms with E-state index in [1.54, 1.807) is 31.3 Å². The lowest BCUT2D eigenvalue weighted by Crippen LogP contribution is -2.06. The Bertz CT molecular complexity index is 782. The number of hydrogen-bond acceptors (Lipinski definition) is 8. The monoisotopic (exact) mass is 314 g/mol. The number of rotatable bonds is 6. The molecule has 0 atom stereocenters. The third kappa shape index (κ3) is 4.00. The van der Waals surface area contributed by atoms with Gasteiger partial charge in [-0.3, -0.25) is 9.78 Å². The summed E-state index contributed by atoms with van der Waals surface area (Å²) in [7, 11) is 0. The molecule has 0 aliphatic carbocycles. The number of esters is 1. The van der Waals surface area contributed by atoms with E-state index in [9.17, 15) is 4.79 Å². The number of aryl methyl sites for hydroxylation is 2. The van der Waals surface area contributed by atoms with Crippen LogP contribution in [0.25, 0.3) is 11.5 Å². The van der Waals surface area contributed by atoms with Crippen LogP contribution in [0.15, 0.2) is 39.5 Å². The fourth-order valence-corrected chi connectivity index (χ4v) is 1.88. The molecule has 0 N–H and O–H groups in total. The first-order valence-corrected chi connectivity index (χ1v) is 7.02. The minimum absolute atomic E-state index is 0.0825. The lowest BCUT2D eigenvalue weighted by molar-refractivity contribution is -0.145. The second-order valence-electron chi connectivity index (χ2n) is 4.82. The van der Waals surface area contributed by atoms with Crippen molar-refractivity contribution in [3.8, 4) is 11.5 Å². The van der Waals surface area contributed by atoms with E-state index in [4.69, 9.17) is 13.8 Å². The first-order valence-electron chi connectivity index (χ1n) is 7.02. The fraction of sp³-hybridized carbons (Fsp3) is 0.267. The predicted molar refractivity (Wildman–Crippen MR) is 76.9 cm³/mol. The smallest absolute Gasteiger partial charge is 0.306 e. The van der Waals surface area contributed by atoms with Gasteiger partial charge in [0.25, 0.3) is 0 Å². The van der Waals surface area contributed by atoms with Gasteiger partial charge in [0.15, 0.2) is 0 Å². The molecule has 3 rings (SSSR count). The van der Waals surface area contributed by atoms with E-state index in [-0.39, 0.29) is 19.0 Å². The molecule has 0 amide bonds. The van der Waals surface area contributed by atoms with E-state index in [0.29, 0.717) is 35.3 Å². The molecule has 0 fully saturated rings. The van der Waals surface area contributed by atoms with Crippen LogP contribution in [-0.4, -0.2) is 26.3 Å². The fourth-order valence-electron chi connectivity index (χ4n) is 1.88. The van der Waals surface area contributed by atoms with E-state index < -0.39 is 0 Å². The summed E-state index contributed by atoms with van der Waals surface area (Å²) in [5, 5.41) is 7.58. The molecule has 0 radical (unpaired) electrons. The zero-order chi connectivity index (χ0) is 16.1. The molecule has 0 aromatic carbocycles. The molecule has 0 unspecified atom stereocenters. The number of aromatic nitrogens is 4. The zero-order valence-corrected chi connectivity index (χ0v) is 12.4. The van der Waals surface area contributed by atoms with Gasteiger partial charge in [-0.2, -0.15) is 4.98 Å². The van der Waals surface area contributed by atoms with Gasteiger partial charge in [0.2, 0.25) is 11.7 Å². The van der Waals surface area contributed by atoms with Gasteiger partial charge in [-0.25, -0.2) is 0 Å². The van der Waals surface area contributed by atoms with Crippen LogP contribution in [0.3, 0.4) is 0 Å². The van der Waals surface area contributed by atoms with Gasteiger partial charge in [-0.15, -0.1) is 0 Å². The maximum atomic E-state index is 11.7. The van der Waals surface area contributed by atoms with Crippen molar-refractivity contribution < 1.29 is 18.6 Å². The van der Waals surface area contributed by atoms with Crippen molar-refractivity contribution in [3.05, 3.63) is 47.8 Å². The molecule has 0 bridgehead atoms. The third-order valence-corrected chi connectivity index (χ3v) is 2.96. The summed E-state index contributed by atoms with van der Waals surface area (Å²) in [4.78, 5) is 20.0. The Morgan fingerprint density at radius 3 is 2.91 bits per heavy atom. The minimum Gasteiger partial charge on any atom is -0.459 e. The van der Waals surface area contributed by atoms with Crippen molar-refractivity contribution in [2.24, 2.45) is 0 Å². The molecule has 0 saturated carbocycles. The summed E-state index contributed by atoms with van der Waals surface area (Å²) in [6.07, 6.45) is 2.09. The zero-order valence-electron chi connectivity index (χ0n) is 12.4. The van der Waals surface area contributed by atoms with E-state index in [0.717, 1.165) is 0 Å². The van der Waals surface area contributed by atoms with Crippen LogP contribution in [0.1, 0.15) is 23.8 Å². The first kappa shape index (κ1) is 14.9. The lowest BCUT2D eigenvalue weighted by Gasteiger charge is -2.00. The molecule has 8 nitrogen and oxygen atoms in total. The Hall–Kier alpha value is -3.03. The van der Waals surface area contributed by atoms with E-state index in [2.05, 4.69) is 20.3 Å². The lowest BCUT2D eigenvalue weighted by atomic mass is 10.3. The Balaban J connectivity index is 1.48. The average molecular weight is 314 g/mol. The summed E-state index contributed by atoms with van der Waals surface area (Å²) in [6, 6.07) is 7.13. The molecule has 3 heterocycles. The maximum Gasteiger partial charge on any atom is 0.306 e. The summed E-state index contributed by atoms with van der Waals surface area (Å²) in [5.74, 6) is 1.05. The number of carbonyl (C=O) groups is 1. The standard InChI is InChI=1S/C15H14N4O4/c1-10-8-11(18-22-10)9-21-14(20)6-5-13-17-15(19-23-13)12-4-2-3-7-16-12/h2-4,7-8H,5-6,9H2,1H3. The largest absolute Gasteiger partial charge is 0.459 e. The Morgan fingerprint density at radius 2 is 2.17 bits per heavy atom. The number of pyridine rings is 1. The molecule has 0 spiro atoms. The van der Waals surface area contributed by atoms with Crippen molar-refractivity contribution in [1.29, 1.82) is 0 Å². The van der Waals surface area contributed by atoms with Crippen molar-refractivity contribution in [2.75, 3.05) is 0 Å². The van der Waals surface area contributed by atoms with Gasteiger partial charge in [0.05, 0.1) is 6.42 Å². The summed E-state index contributed by atoms with van der Waals surface area (Å²) in [5.41, 5.74) is 1.19. The SMILES string of the molecule is Cc1cc(COC(=O)CCc2nc(-c3ccccn3)no2)no1.